The molecule has 1 aromatic carbocycles. The lowest BCUT2D eigenvalue weighted by Crippen LogP contribution is -1.94. The van der Waals surface area contributed by atoms with Crippen molar-refractivity contribution in [2.45, 2.75) is 0 Å². The molecule has 0 saturated carbocycles. The molecular formula is C13H8ClNO4. The van der Waals surface area contributed by atoms with E-state index in [4.69, 9.17) is 16.0 Å². The standard InChI is InChI=1S/C13H8ClNO4/c14-11-4-2-1-3-10(11)12(16)7-5-9-6-8-13(19-9)15(17)18/h1-8H/b7-5-. The first kappa shape index (κ1) is 13.0. The van der Waals surface area contributed by atoms with Crippen LogP contribution < -0.4 is 0 Å². The highest BCUT2D eigenvalue weighted by atomic mass is 35.5. The Morgan fingerprint density at radius 2 is 2.00 bits per heavy atom. The van der Waals surface area contributed by atoms with Crippen molar-refractivity contribution >= 4 is 29.3 Å². The molecule has 19 heavy (non-hydrogen) atoms. The van der Waals surface area contributed by atoms with Gasteiger partial charge >= 0.3 is 5.88 Å². The van der Waals surface area contributed by atoms with Crippen molar-refractivity contribution in [3.8, 4) is 0 Å². The lowest BCUT2D eigenvalue weighted by Gasteiger charge is -1.97. The fourth-order valence-electron chi connectivity index (χ4n) is 1.44. The Labute approximate surface area is 113 Å². The number of ketones is 1. The molecule has 0 fully saturated rings. The molecule has 0 unspecified atom stereocenters. The lowest BCUT2D eigenvalue weighted by molar-refractivity contribution is -0.402. The zero-order chi connectivity index (χ0) is 13.8. The second-order valence-electron chi connectivity index (χ2n) is 3.61. The van der Waals surface area contributed by atoms with Gasteiger partial charge < -0.3 is 4.42 Å². The van der Waals surface area contributed by atoms with Crippen LogP contribution in [0, 0.1) is 10.1 Å². The summed E-state index contributed by atoms with van der Waals surface area (Å²) in [6.07, 6.45) is 2.61. The van der Waals surface area contributed by atoms with E-state index in [1.807, 2.05) is 0 Å². The fraction of sp³-hybridized carbons (Fsp3) is 0. The largest absolute Gasteiger partial charge is 0.433 e. The first-order valence-electron chi connectivity index (χ1n) is 5.29. The molecule has 0 aliphatic rings. The number of nitrogens with zero attached hydrogens (tertiary/aromatic N) is 1. The van der Waals surface area contributed by atoms with Gasteiger partial charge in [0.05, 0.1) is 11.1 Å². The zero-order valence-electron chi connectivity index (χ0n) is 9.58. The van der Waals surface area contributed by atoms with Crippen molar-refractivity contribution in [2.24, 2.45) is 0 Å². The van der Waals surface area contributed by atoms with Crippen LogP contribution in [-0.4, -0.2) is 10.7 Å². The summed E-state index contributed by atoms with van der Waals surface area (Å²) in [7, 11) is 0. The van der Waals surface area contributed by atoms with Gasteiger partial charge in [0, 0.05) is 5.56 Å². The van der Waals surface area contributed by atoms with Gasteiger partial charge in [-0.05, 0) is 30.4 Å². The minimum Gasteiger partial charge on any atom is -0.401 e. The molecule has 0 atom stereocenters. The number of benzene rings is 1. The van der Waals surface area contributed by atoms with E-state index in [1.165, 1.54) is 24.3 Å². The van der Waals surface area contributed by atoms with Gasteiger partial charge in [0.15, 0.2) is 5.78 Å². The third-order valence-electron chi connectivity index (χ3n) is 2.33. The summed E-state index contributed by atoms with van der Waals surface area (Å²) in [5.41, 5.74) is 0.362. The fourth-order valence-corrected chi connectivity index (χ4v) is 1.67. The highest BCUT2D eigenvalue weighted by Crippen LogP contribution is 2.19. The maximum atomic E-state index is 11.8. The van der Waals surface area contributed by atoms with E-state index in [2.05, 4.69) is 0 Å². The molecule has 5 nitrogen and oxygen atoms in total. The molecule has 0 aliphatic heterocycles. The molecule has 1 heterocycles. The summed E-state index contributed by atoms with van der Waals surface area (Å²) in [6, 6.07) is 9.26. The Balaban J connectivity index is 2.16. The molecule has 0 bridgehead atoms. The number of halogens is 1. The maximum absolute atomic E-state index is 11.8. The van der Waals surface area contributed by atoms with E-state index < -0.39 is 4.92 Å². The second-order valence-corrected chi connectivity index (χ2v) is 4.02. The quantitative estimate of drug-likeness (QED) is 0.369. The molecule has 0 aliphatic carbocycles. The predicted molar refractivity (Wildman–Crippen MR) is 70.2 cm³/mol. The van der Waals surface area contributed by atoms with Crippen LogP contribution in [0.25, 0.3) is 6.08 Å². The molecule has 1 aromatic heterocycles. The van der Waals surface area contributed by atoms with Crippen LogP contribution in [0.5, 0.6) is 0 Å². The number of carbonyl (C=O) groups excluding carboxylic acids is 1. The predicted octanol–water partition coefficient (Wildman–Crippen LogP) is 3.74. The Hall–Kier alpha value is -2.40. The van der Waals surface area contributed by atoms with E-state index in [0.717, 1.165) is 0 Å². The minimum atomic E-state index is -0.646. The number of hydrogen-bond donors (Lipinski definition) is 0. The van der Waals surface area contributed by atoms with Crippen molar-refractivity contribution in [1.82, 2.24) is 0 Å². The molecule has 0 spiro atoms. The van der Waals surface area contributed by atoms with Gasteiger partial charge in [-0.2, -0.15) is 0 Å². The average Bonchev–Trinajstić information content (AvgIpc) is 2.85. The van der Waals surface area contributed by atoms with Crippen LogP contribution >= 0.6 is 11.6 Å². The molecule has 2 rings (SSSR count). The lowest BCUT2D eigenvalue weighted by atomic mass is 10.1. The van der Waals surface area contributed by atoms with Crippen LogP contribution in [-0.2, 0) is 0 Å². The summed E-state index contributed by atoms with van der Waals surface area (Å²) < 4.78 is 4.89. The molecule has 0 amide bonds. The minimum absolute atomic E-state index is 0.229. The van der Waals surface area contributed by atoms with Crippen LogP contribution in [0.1, 0.15) is 16.1 Å². The van der Waals surface area contributed by atoms with Crippen LogP contribution in [0.15, 0.2) is 46.9 Å². The summed E-state index contributed by atoms with van der Waals surface area (Å²) in [4.78, 5) is 21.6. The topological polar surface area (TPSA) is 73.3 Å². The number of nitro groups is 1. The van der Waals surface area contributed by atoms with Gasteiger partial charge in [0.1, 0.15) is 10.7 Å². The van der Waals surface area contributed by atoms with Gasteiger partial charge in [0.2, 0.25) is 0 Å². The first-order chi connectivity index (χ1) is 9.08. The third-order valence-corrected chi connectivity index (χ3v) is 2.66. The third kappa shape index (κ3) is 3.08. The SMILES string of the molecule is O=C(/C=C\c1ccc([N+](=O)[O-])o1)c1ccccc1Cl. The zero-order valence-corrected chi connectivity index (χ0v) is 10.3. The van der Waals surface area contributed by atoms with Crippen LogP contribution in [0.4, 0.5) is 5.88 Å². The smallest absolute Gasteiger partial charge is 0.401 e. The highest BCUT2D eigenvalue weighted by molar-refractivity contribution is 6.34. The first-order valence-corrected chi connectivity index (χ1v) is 5.67. The van der Waals surface area contributed by atoms with Gasteiger partial charge in [-0.15, -0.1) is 0 Å². The van der Waals surface area contributed by atoms with Gasteiger partial charge in [0.25, 0.3) is 0 Å². The Morgan fingerprint density at radius 1 is 1.26 bits per heavy atom. The number of carbonyl (C=O) groups is 1. The van der Waals surface area contributed by atoms with Gasteiger partial charge in [-0.3, -0.25) is 14.9 Å². The number of hydrogen-bond acceptors (Lipinski definition) is 4. The van der Waals surface area contributed by atoms with E-state index in [-0.39, 0.29) is 17.4 Å². The van der Waals surface area contributed by atoms with Crippen molar-refractivity contribution in [1.29, 1.82) is 0 Å². The molecule has 96 valence electrons. The molecule has 0 N–H and O–H groups in total. The molecule has 2 aromatic rings. The maximum Gasteiger partial charge on any atom is 0.433 e. The van der Waals surface area contributed by atoms with Crippen molar-refractivity contribution < 1.29 is 14.1 Å². The van der Waals surface area contributed by atoms with E-state index in [9.17, 15) is 14.9 Å². The molecular weight excluding hydrogens is 270 g/mol. The summed E-state index contributed by atoms with van der Waals surface area (Å²) >= 11 is 5.88. The Bertz CT molecular complexity index is 660. The van der Waals surface area contributed by atoms with Gasteiger partial charge in [-0.25, -0.2) is 0 Å². The monoisotopic (exact) mass is 277 g/mol. The van der Waals surface area contributed by atoms with E-state index >= 15 is 0 Å². The normalized spacial score (nSPS) is 10.8. The number of furan rings is 1. The summed E-state index contributed by atoms with van der Waals surface area (Å²) in [6.45, 7) is 0. The average molecular weight is 278 g/mol. The Morgan fingerprint density at radius 3 is 2.63 bits per heavy atom. The van der Waals surface area contributed by atoms with Crippen LogP contribution in [0.3, 0.4) is 0 Å². The van der Waals surface area contributed by atoms with Crippen molar-refractivity contribution in [3.63, 3.8) is 0 Å². The summed E-state index contributed by atoms with van der Waals surface area (Å²) in [5, 5.41) is 10.8. The van der Waals surface area contributed by atoms with Crippen molar-refractivity contribution in [2.75, 3.05) is 0 Å². The summed E-state index contributed by atoms with van der Waals surface area (Å²) in [5.74, 6) is -0.443. The Kier molecular flexibility index (Phi) is 3.77. The van der Waals surface area contributed by atoms with Crippen LogP contribution in [0.2, 0.25) is 5.02 Å². The van der Waals surface area contributed by atoms with Gasteiger partial charge in [-0.1, -0.05) is 23.7 Å². The molecule has 0 saturated heterocycles. The van der Waals surface area contributed by atoms with E-state index in [1.54, 1.807) is 24.3 Å². The molecule has 6 heteroatoms. The highest BCUT2D eigenvalue weighted by Gasteiger charge is 2.11. The number of rotatable bonds is 4. The van der Waals surface area contributed by atoms with E-state index in [0.29, 0.717) is 10.6 Å². The second kappa shape index (κ2) is 5.49. The van der Waals surface area contributed by atoms with Crippen molar-refractivity contribution in [3.05, 3.63) is 68.9 Å². The molecule has 0 radical (unpaired) electrons. The number of allylic oxidation sites excluding steroid dienone is 1.